The Morgan fingerprint density at radius 3 is 2.57 bits per heavy atom. The molecular weight excluding hydrogens is 482 g/mol. The van der Waals surface area contributed by atoms with Crippen LogP contribution in [-0.4, -0.2) is 61.2 Å². The van der Waals surface area contributed by atoms with Crippen molar-refractivity contribution in [2.75, 3.05) is 25.7 Å². The fourth-order valence-corrected chi connectivity index (χ4v) is 3.40. The second-order valence-corrected chi connectivity index (χ2v) is 7.81. The fourth-order valence-electron chi connectivity index (χ4n) is 3.16. The van der Waals surface area contributed by atoms with Gasteiger partial charge in [-0.25, -0.2) is 14.4 Å². The van der Waals surface area contributed by atoms with Gasteiger partial charge in [-0.3, -0.25) is 0 Å². The first-order valence-electron chi connectivity index (χ1n) is 11.1. The van der Waals surface area contributed by atoms with Gasteiger partial charge < -0.3 is 34.8 Å². The van der Waals surface area contributed by atoms with Crippen molar-refractivity contribution in [2.45, 2.75) is 44.9 Å². The number of nitrogens with two attached hydrogens (primary N) is 1. The number of amides is 1. The molecule has 2 unspecified atom stereocenters. The molecule has 1 aromatic carbocycles. The Morgan fingerprint density at radius 1 is 1.20 bits per heavy atom. The molecule has 0 spiro atoms. The number of ether oxygens (including phenoxy) is 4. The van der Waals surface area contributed by atoms with Crippen LogP contribution in [0.4, 0.5) is 4.79 Å². The normalized spacial score (nSPS) is 20.1. The highest BCUT2D eigenvalue weighted by atomic mass is 35.5. The molecule has 11 nitrogen and oxygen atoms in total. The molecule has 0 aromatic heterocycles. The number of hydrogen-bond acceptors (Lipinski definition) is 9. The van der Waals surface area contributed by atoms with Crippen molar-refractivity contribution < 1.29 is 38.2 Å². The predicted molar refractivity (Wildman–Crippen MR) is 126 cm³/mol. The highest BCUT2D eigenvalue weighted by Crippen LogP contribution is 2.27. The summed E-state index contributed by atoms with van der Waals surface area (Å²) < 4.78 is 20.7. The summed E-state index contributed by atoms with van der Waals surface area (Å²) in [6.45, 7) is 3.32. The Hall–Kier alpha value is -3.31. The van der Waals surface area contributed by atoms with E-state index in [0.717, 1.165) is 11.6 Å². The Morgan fingerprint density at radius 2 is 1.91 bits per heavy atom. The predicted octanol–water partition coefficient (Wildman–Crippen LogP) is 2.37. The number of benzene rings is 1. The van der Waals surface area contributed by atoms with Crippen molar-refractivity contribution in [3.05, 3.63) is 47.7 Å². The number of oxime groups is 1. The number of amidine groups is 1. The number of alkyl halides is 1. The van der Waals surface area contributed by atoms with Gasteiger partial charge in [0.2, 0.25) is 5.76 Å². The summed E-state index contributed by atoms with van der Waals surface area (Å²) in [5.41, 5.74) is 5.69. The maximum absolute atomic E-state index is 12.6. The lowest BCUT2D eigenvalue weighted by Crippen LogP contribution is -2.58. The van der Waals surface area contributed by atoms with Crippen LogP contribution in [0.2, 0.25) is 0 Å². The lowest BCUT2D eigenvalue weighted by molar-refractivity contribution is -0.144. The monoisotopic (exact) mass is 511 g/mol. The molecular formula is C23H30ClN3O8. The lowest BCUT2D eigenvalue weighted by Gasteiger charge is -2.27. The Balaban J connectivity index is 2.20. The van der Waals surface area contributed by atoms with Crippen LogP contribution in [-0.2, 0) is 40.0 Å². The molecule has 12 heteroatoms. The first kappa shape index (κ1) is 27.9. The van der Waals surface area contributed by atoms with Gasteiger partial charge in [0.1, 0.15) is 12.1 Å². The van der Waals surface area contributed by atoms with E-state index in [4.69, 9.17) is 41.1 Å². The highest BCUT2D eigenvalue weighted by Gasteiger charge is 2.46. The van der Waals surface area contributed by atoms with E-state index in [1.165, 1.54) is 0 Å². The number of esters is 2. The van der Waals surface area contributed by atoms with Crippen LogP contribution in [0.3, 0.4) is 0 Å². The van der Waals surface area contributed by atoms with Gasteiger partial charge in [-0.15, -0.1) is 11.6 Å². The quantitative estimate of drug-likeness (QED) is 0.0630. The van der Waals surface area contributed by atoms with Crippen LogP contribution in [0, 0.1) is 0 Å². The summed E-state index contributed by atoms with van der Waals surface area (Å²) in [6, 6.07) is 9.13. The number of hydrogen-bond donors (Lipinski definition) is 2. The Kier molecular flexibility index (Phi) is 11.3. The maximum atomic E-state index is 12.6. The zero-order valence-electron chi connectivity index (χ0n) is 19.7. The molecule has 3 N–H and O–H groups in total. The van der Waals surface area contributed by atoms with Crippen LogP contribution < -0.4 is 11.1 Å². The molecule has 1 aromatic rings. The molecule has 1 aliphatic heterocycles. The van der Waals surface area contributed by atoms with Crippen LogP contribution >= 0.6 is 11.6 Å². The third-order valence-corrected chi connectivity index (χ3v) is 5.09. The van der Waals surface area contributed by atoms with Crippen LogP contribution in [0.25, 0.3) is 0 Å². The molecule has 0 radical (unpaired) electrons. The first-order valence-corrected chi connectivity index (χ1v) is 11.6. The van der Waals surface area contributed by atoms with E-state index in [1.54, 1.807) is 13.8 Å². The third kappa shape index (κ3) is 8.76. The smallest absolute Gasteiger partial charge is 0.408 e. The number of alkyl carbamates (subject to hydrolysis) is 1. The van der Waals surface area contributed by atoms with Gasteiger partial charge in [0.05, 0.1) is 32.0 Å². The van der Waals surface area contributed by atoms with Crippen LogP contribution in [0.1, 0.15) is 32.3 Å². The van der Waals surface area contributed by atoms with E-state index in [9.17, 15) is 14.4 Å². The Bertz CT molecular complexity index is 925. The molecule has 0 aliphatic carbocycles. The molecule has 0 saturated carbocycles. The maximum Gasteiger partial charge on any atom is 0.408 e. The van der Waals surface area contributed by atoms with Crippen LogP contribution in [0.5, 0.6) is 0 Å². The van der Waals surface area contributed by atoms with Crippen molar-refractivity contribution >= 4 is 35.5 Å². The topological polar surface area (TPSA) is 148 Å². The largest absolute Gasteiger partial charge is 0.463 e. The summed E-state index contributed by atoms with van der Waals surface area (Å²) in [5.74, 6) is -2.17. The Labute approximate surface area is 208 Å². The zero-order chi connectivity index (χ0) is 25.7. The van der Waals surface area contributed by atoms with E-state index < -0.39 is 29.3 Å². The molecule has 2 rings (SSSR count). The molecule has 1 heterocycles. The molecule has 192 valence electrons. The van der Waals surface area contributed by atoms with E-state index in [-0.39, 0.29) is 44.8 Å². The van der Waals surface area contributed by atoms with Crippen LogP contribution in [0.15, 0.2) is 47.3 Å². The number of nitrogens with zero attached hydrogens (tertiary/aromatic N) is 1. The minimum atomic E-state index is -1.30. The van der Waals surface area contributed by atoms with Gasteiger partial charge >= 0.3 is 18.0 Å². The number of carbonyl (C=O) groups excluding carboxylic acids is 3. The van der Waals surface area contributed by atoms with Crippen molar-refractivity contribution in [1.82, 2.24) is 5.32 Å². The number of nitrogens with one attached hydrogen (secondary N) is 1. The minimum absolute atomic E-state index is 0.0360. The molecule has 1 saturated heterocycles. The number of rotatable bonds is 12. The van der Waals surface area contributed by atoms with Gasteiger partial charge in [-0.2, -0.15) is 0 Å². The van der Waals surface area contributed by atoms with Gasteiger partial charge in [0, 0.05) is 12.3 Å². The van der Waals surface area contributed by atoms with E-state index >= 15 is 0 Å². The lowest BCUT2D eigenvalue weighted by atomic mass is 9.94. The highest BCUT2D eigenvalue weighted by molar-refractivity contribution is 6.17. The van der Waals surface area contributed by atoms with Gasteiger partial charge in [-0.1, -0.05) is 35.5 Å². The molecule has 35 heavy (non-hydrogen) atoms. The van der Waals surface area contributed by atoms with Gasteiger partial charge in [0.25, 0.3) is 0 Å². The second-order valence-electron chi connectivity index (χ2n) is 7.43. The van der Waals surface area contributed by atoms with Crippen molar-refractivity contribution in [3.63, 3.8) is 0 Å². The zero-order valence-corrected chi connectivity index (χ0v) is 20.4. The first-order chi connectivity index (χ1) is 16.8. The van der Waals surface area contributed by atoms with Crippen molar-refractivity contribution in [3.8, 4) is 0 Å². The molecule has 0 bridgehead atoms. The standard InChI is InChI=1S/C23H30ClN3O8/c1-3-31-19(28)12-18(20(29)32-4-2)35-27-21(25)23(13-17(10-11-24)34-15-23)26-22(30)33-14-16-8-6-5-7-9-16/h5-9,12,17H,3-4,10-11,13-15H2,1-2H3,(H2,25,27)(H,26,30). The summed E-state index contributed by atoms with van der Waals surface area (Å²) in [5, 5.41) is 6.49. The van der Waals surface area contributed by atoms with Crippen molar-refractivity contribution in [2.24, 2.45) is 10.9 Å². The summed E-state index contributed by atoms with van der Waals surface area (Å²) in [4.78, 5) is 41.7. The average Bonchev–Trinajstić information content (AvgIpc) is 3.25. The van der Waals surface area contributed by atoms with Gasteiger partial charge in [0.15, 0.2) is 5.84 Å². The molecule has 1 fully saturated rings. The molecule has 2 atom stereocenters. The van der Waals surface area contributed by atoms with E-state index in [2.05, 4.69) is 10.5 Å². The van der Waals surface area contributed by atoms with E-state index in [1.807, 2.05) is 30.3 Å². The number of halogens is 1. The second kappa shape index (κ2) is 14.2. The third-order valence-electron chi connectivity index (χ3n) is 4.87. The summed E-state index contributed by atoms with van der Waals surface area (Å²) in [7, 11) is 0. The summed E-state index contributed by atoms with van der Waals surface area (Å²) in [6.07, 6.45) is 0.475. The van der Waals surface area contributed by atoms with E-state index in [0.29, 0.717) is 12.3 Å². The average molecular weight is 512 g/mol. The molecule has 1 amide bonds. The SMILES string of the molecule is CCOC(=O)C=C(ON=C(N)C1(NC(=O)OCc2ccccc2)COC(CCCl)C1)C(=O)OCC. The van der Waals surface area contributed by atoms with Crippen molar-refractivity contribution in [1.29, 1.82) is 0 Å². The fraction of sp³-hybridized carbons (Fsp3) is 0.478. The van der Waals surface area contributed by atoms with Gasteiger partial charge in [-0.05, 0) is 25.8 Å². The summed E-state index contributed by atoms with van der Waals surface area (Å²) >= 11 is 5.84. The molecule has 1 aliphatic rings. The minimum Gasteiger partial charge on any atom is -0.463 e. The number of carbonyl (C=O) groups is 3.